The zero-order valence-corrected chi connectivity index (χ0v) is 20.4. The van der Waals surface area contributed by atoms with Gasteiger partial charge in [0.2, 0.25) is 0 Å². The molecule has 0 spiro atoms. The standard InChI is InChI=1S/C27H15BrF3N5O/c28-20-10-11-21(24-18(20)9-4-12-32-24)35-26(37)19-14-33-36-23(27(29,30)31)13-22(34-25(19)36)17-8-3-6-15-5-1-2-7-16(15)17/h1-14H,(H,35,37). The summed E-state index contributed by atoms with van der Waals surface area (Å²) in [5.74, 6) is -0.653. The summed E-state index contributed by atoms with van der Waals surface area (Å²) in [6, 6.07) is 20.7. The minimum atomic E-state index is -4.73. The second-order valence-corrected chi connectivity index (χ2v) is 9.15. The predicted molar refractivity (Wildman–Crippen MR) is 138 cm³/mol. The molecule has 6 nitrogen and oxygen atoms in total. The number of halogens is 4. The molecular formula is C27H15BrF3N5O. The summed E-state index contributed by atoms with van der Waals surface area (Å²) in [4.78, 5) is 22.1. The minimum Gasteiger partial charge on any atom is -0.320 e. The number of nitrogens with zero attached hydrogens (tertiary/aromatic N) is 4. The fraction of sp³-hybridized carbons (Fsp3) is 0.0370. The molecule has 0 aliphatic heterocycles. The molecule has 0 saturated carbocycles. The number of carbonyl (C=O) groups excluding carboxylic acids is 1. The Morgan fingerprint density at radius 2 is 1.73 bits per heavy atom. The van der Waals surface area contributed by atoms with Crippen molar-refractivity contribution < 1.29 is 18.0 Å². The van der Waals surface area contributed by atoms with E-state index < -0.39 is 17.8 Å². The van der Waals surface area contributed by atoms with Gasteiger partial charge in [0.05, 0.1) is 23.1 Å². The van der Waals surface area contributed by atoms with E-state index in [1.165, 1.54) is 0 Å². The summed E-state index contributed by atoms with van der Waals surface area (Å²) >= 11 is 3.46. The van der Waals surface area contributed by atoms with E-state index in [1.807, 2.05) is 36.4 Å². The molecule has 3 aromatic heterocycles. The molecule has 182 valence electrons. The summed E-state index contributed by atoms with van der Waals surface area (Å²) in [5, 5.41) is 9.00. The van der Waals surface area contributed by atoms with Gasteiger partial charge in [0.15, 0.2) is 11.3 Å². The molecule has 0 saturated heterocycles. The number of rotatable bonds is 3. The molecule has 6 aromatic rings. The van der Waals surface area contributed by atoms with E-state index in [1.54, 1.807) is 36.5 Å². The topological polar surface area (TPSA) is 72.2 Å². The maximum absolute atomic E-state index is 14.1. The van der Waals surface area contributed by atoms with Gasteiger partial charge >= 0.3 is 6.18 Å². The Bertz CT molecular complexity index is 1840. The van der Waals surface area contributed by atoms with Crippen LogP contribution in [0.15, 0.2) is 89.7 Å². The average molecular weight is 562 g/mol. The summed E-state index contributed by atoms with van der Waals surface area (Å²) in [5.41, 5.74) is 0.203. The Kier molecular flexibility index (Phi) is 5.41. The molecule has 1 amide bonds. The smallest absolute Gasteiger partial charge is 0.320 e. The number of fused-ring (bicyclic) bond motifs is 3. The number of nitrogens with one attached hydrogen (secondary N) is 1. The van der Waals surface area contributed by atoms with Crippen molar-refractivity contribution in [2.24, 2.45) is 0 Å². The van der Waals surface area contributed by atoms with Crippen LogP contribution in [0.2, 0.25) is 0 Å². The third-order valence-corrected chi connectivity index (χ3v) is 6.73. The van der Waals surface area contributed by atoms with Crippen LogP contribution in [0.5, 0.6) is 0 Å². The molecule has 0 aliphatic carbocycles. The highest BCUT2D eigenvalue weighted by Gasteiger charge is 2.36. The first kappa shape index (κ1) is 23.1. The number of hydrogen-bond acceptors (Lipinski definition) is 4. The number of alkyl halides is 3. The van der Waals surface area contributed by atoms with Gasteiger partial charge in [-0.1, -0.05) is 64.5 Å². The molecule has 0 unspecified atom stereocenters. The average Bonchev–Trinajstić information content (AvgIpc) is 3.33. The van der Waals surface area contributed by atoms with Crippen molar-refractivity contribution in [1.82, 2.24) is 19.6 Å². The van der Waals surface area contributed by atoms with Gasteiger partial charge in [-0.05, 0) is 35.0 Å². The summed E-state index contributed by atoms with van der Waals surface area (Å²) in [6.45, 7) is 0. The fourth-order valence-electron chi connectivity index (χ4n) is 4.34. The number of carbonyl (C=O) groups is 1. The molecule has 0 aliphatic rings. The van der Waals surface area contributed by atoms with E-state index >= 15 is 0 Å². The van der Waals surface area contributed by atoms with Gasteiger partial charge in [-0.2, -0.15) is 18.3 Å². The highest BCUT2D eigenvalue weighted by atomic mass is 79.9. The van der Waals surface area contributed by atoms with Gasteiger partial charge in [-0.3, -0.25) is 9.78 Å². The van der Waals surface area contributed by atoms with Crippen molar-refractivity contribution in [1.29, 1.82) is 0 Å². The van der Waals surface area contributed by atoms with Crippen LogP contribution in [0.3, 0.4) is 0 Å². The highest BCUT2D eigenvalue weighted by Crippen LogP contribution is 2.35. The lowest BCUT2D eigenvalue weighted by Crippen LogP contribution is -2.16. The van der Waals surface area contributed by atoms with Crippen LogP contribution in [0.25, 0.3) is 38.6 Å². The van der Waals surface area contributed by atoms with E-state index in [0.717, 1.165) is 32.9 Å². The van der Waals surface area contributed by atoms with Crippen LogP contribution in [0.1, 0.15) is 16.1 Å². The molecule has 3 aromatic carbocycles. The van der Waals surface area contributed by atoms with Crippen LogP contribution < -0.4 is 5.32 Å². The number of anilines is 1. The maximum atomic E-state index is 14.1. The molecule has 10 heteroatoms. The zero-order chi connectivity index (χ0) is 25.7. The molecule has 1 N–H and O–H groups in total. The van der Waals surface area contributed by atoms with Crippen LogP contribution in [0.4, 0.5) is 18.9 Å². The molecular weight excluding hydrogens is 547 g/mol. The van der Waals surface area contributed by atoms with Crippen LogP contribution in [0, 0.1) is 0 Å². The van der Waals surface area contributed by atoms with E-state index in [0.29, 0.717) is 21.3 Å². The highest BCUT2D eigenvalue weighted by molar-refractivity contribution is 9.10. The third-order valence-electron chi connectivity index (χ3n) is 6.04. The summed E-state index contributed by atoms with van der Waals surface area (Å²) in [7, 11) is 0. The molecule has 37 heavy (non-hydrogen) atoms. The van der Waals surface area contributed by atoms with Crippen LogP contribution in [-0.4, -0.2) is 25.5 Å². The number of amides is 1. The van der Waals surface area contributed by atoms with E-state index in [9.17, 15) is 18.0 Å². The molecule has 0 atom stereocenters. The fourth-order valence-corrected chi connectivity index (χ4v) is 4.79. The van der Waals surface area contributed by atoms with Crippen molar-refractivity contribution in [3.05, 3.63) is 101 Å². The Labute approximate surface area is 215 Å². The first-order chi connectivity index (χ1) is 17.8. The van der Waals surface area contributed by atoms with Gasteiger partial charge in [0.1, 0.15) is 5.56 Å². The Morgan fingerprint density at radius 3 is 2.57 bits per heavy atom. The van der Waals surface area contributed by atoms with Crippen LogP contribution in [-0.2, 0) is 6.18 Å². The van der Waals surface area contributed by atoms with Crippen molar-refractivity contribution in [3.8, 4) is 11.3 Å². The molecule has 0 radical (unpaired) electrons. The van der Waals surface area contributed by atoms with Crippen molar-refractivity contribution in [2.45, 2.75) is 6.18 Å². The normalized spacial score (nSPS) is 11.9. The minimum absolute atomic E-state index is 0.0851. The van der Waals surface area contributed by atoms with Gasteiger partial charge in [-0.15, -0.1) is 0 Å². The summed E-state index contributed by atoms with van der Waals surface area (Å²) < 4.78 is 43.7. The molecule has 0 fully saturated rings. The lowest BCUT2D eigenvalue weighted by molar-refractivity contribution is -0.142. The summed E-state index contributed by atoms with van der Waals surface area (Å²) in [6.07, 6.45) is -2.05. The number of aromatic nitrogens is 4. The Morgan fingerprint density at radius 1 is 0.946 bits per heavy atom. The van der Waals surface area contributed by atoms with E-state index in [2.05, 4.69) is 36.3 Å². The Balaban J connectivity index is 1.52. The molecule has 6 rings (SSSR count). The van der Waals surface area contributed by atoms with Gasteiger partial charge < -0.3 is 5.32 Å². The number of pyridine rings is 1. The van der Waals surface area contributed by atoms with Gasteiger partial charge in [0.25, 0.3) is 5.91 Å². The number of hydrogen-bond donors (Lipinski definition) is 1. The maximum Gasteiger partial charge on any atom is 0.433 e. The second-order valence-electron chi connectivity index (χ2n) is 8.29. The van der Waals surface area contributed by atoms with Crippen molar-refractivity contribution >= 4 is 54.8 Å². The predicted octanol–water partition coefficient (Wildman–Crippen LogP) is 7.13. The van der Waals surface area contributed by atoms with Crippen molar-refractivity contribution in [2.75, 3.05) is 5.32 Å². The molecule has 0 bridgehead atoms. The monoisotopic (exact) mass is 561 g/mol. The second kappa shape index (κ2) is 8.67. The quantitative estimate of drug-likeness (QED) is 0.249. The zero-order valence-electron chi connectivity index (χ0n) is 18.8. The molecule has 3 heterocycles. The lowest BCUT2D eigenvalue weighted by Gasteiger charge is -2.13. The Hall–Kier alpha value is -4.31. The van der Waals surface area contributed by atoms with E-state index in [-0.39, 0.29) is 16.9 Å². The first-order valence-corrected chi connectivity index (χ1v) is 11.9. The third kappa shape index (κ3) is 3.99. The SMILES string of the molecule is O=C(Nc1ccc(Br)c2cccnc12)c1cnn2c(C(F)(F)F)cc(-c3cccc4ccccc34)nc12. The van der Waals surface area contributed by atoms with Crippen molar-refractivity contribution in [3.63, 3.8) is 0 Å². The van der Waals surface area contributed by atoms with Gasteiger partial charge in [-0.25, -0.2) is 9.50 Å². The number of benzene rings is 3. The first-order valence-electron chi connectivity index (χ1n) is 11.1. The van der Waals surface area contributed by atoms with Crippen LogP contribution >= 0.6 is 15.9 Å². The van der Waals surface area contributed by atoms with Gasteiger partial charge in [0, 0.05) is 21.6 Å². The largest absolute Gasteiger partial charge is 0.433 e. The lowest BCUT2D eigenvalue weighted by atomic mass is 10.0. The van der Waals surface area contributed by atoms with E-state index in [4.69, 9.17) is 0 Å².